The summed E-state index contributed by atoms with van der Waals surface area (Å²) in [5.74, 6) is 2.50. The van der Waals surface area contributed by atoms with Crippen LogP contribution in [0.5, 0.6) is 11.5 Å². The highest BCUT2D eigenvalue weighted by molar-refractivity contribution is 5.83. The molecule has 35 heavy (non-hydrogen) atoms. The van der Waals surface area contributed by atoms with E-state index in [2.05, 4.69) is 26.1 Å². The van der Waals surface area contributed by atoms with Crippen LogP contribution in [0, 0.1) is 24.2 Å². The molecule has 3 aromatic heterocycles. The summed E-state index contributed by atoms with van der Waals surface area (Å²) >= 11 is 0. The molecule has 6 rings (SSSR count). The Morgan fingerprint density at radius 2 is 2.00 bits per heavy atom. The van der Waals surface area contributed by atoms with Crippen molar-refractivity contribution in [3.05, 3.63) is 60.3 Å². The minimum absolute atomic E-state index is 0.461. The number of aromatic nitrogens is 6. The predicted octanol–water partition coefficient (Wildman–Crippen LogP) is 4.77. The SMILES string of the molecule is Cc1nc2c(C#N)cc(Oc3ccc4ncc(-c5cnn(CC6CCOCC6)c5)nc4c3)cc2[nH]1. The number of hydrogen-bond acceptors (Lipinski definition) is 7. The van der Waals surface area contributed by atoms with Crippen LogP contribution in [-0.2, 0) is 11.3 Å². The van der Waals surface area contributed by atoms with Gasteiger partial charge < -0.3 is 14.5 Å². The quantitative estimate of drug-likeness (QED) is 0.398. The second kappa shape index (κ2) is 8.81. The van der Waals surface area contributed by atoms with Gasteiger partial charge in [-0.15, -0.1) is 0 Å². The Labute approximate surface area is 201 Å². The van der Waals surface area contributed by atoms with Crippen LogP contribution >= 0.6 is 0 Å². The largest absolute Gasteiger partial charge is 0.457 e. The Bertz CT molecular complexity index is 1570. The molecule has 0 unspecified atom stereocenters. The van der Waals surface area contributed by atoms with Crippen molar-refractivity contribution in [2.75, 3.05) is 13.2 Å². The number of aromatic amines is 1. The van der Waals surface area contributed by atoms with Crippen LogP contribution in [0.3, 0.4) is 0 Å². The van der Waals surface area contributed by atoms with Crippen molar-refractivity contribution in [3.8, 4) is 28.8 Å². The molecule has 1 aliphatic heterocycles. The van der Waals surface area contributed by atoms with E-state index in [0.717, 1.165) is 66.2 Å². The summed E-state index contributed by atoms with van der Waals surface area (Å²) < 4.78 is 13.5. The first kappa shape index (κ1) is 21.3. The monoisotopic (exact) mass is 465 g/mol. The Morgan fingerprint density at radius 3 is 2.86 bits per heavy atom. The first-order chi connectivity index (χ1) is 17.1. The van der Waals surface area contributed by atoms with Gasteiger partial charge in [0, 0.05) is 49.7 Å². The fourth-order valence-corrected chi connectivity index (χ4v) is 4.48. The lowest BCUT2D eigenvalue weighted by Gasteiger charge is -2.21. The number of ether oxygens (including phenoxy) is 2. The summed E-state index contributed by atoms with van der Waals surface area (Å²) in [6.45, 7) is 4.39. The Kier molecular flexibility index (Phi) is 5.35. The molecule has 0 atom stereocenters. The van der Waals surface area contributed by atoms with Crippen molar-refractivity contribution in [1.82, 2.24) is 29.7 Å². The lowest BCUT2D eigenvalue weighted by Crippen LogP contribution is -2.20. The summed E-state index contributed by atoms with van der Waals surface area (Å²) in [5, 5.41) is 14.1. The zero-order valence-corrected chi connectivity index (χ0v) is 19.2. The van der Waals surface area contributed by atoms with Gasteiger partial charge in [0.2, 0.25) is 0 Å². The van der Waals surface area contributed by atoms with E-state index in [1.807, 2.05) is 48.3 Å². The number of nitrogens with zero attached hydrogens (tertiary/aromatic N) is 6. The molecule has 0 bridgehead atoms. The lowest BCUT2D eigenvalue weighted by molar-refractivity contribution is 0.0601. The van der Waals surface area contributed by atoms with Gasteiger partial charge in [0.05, 0.1) is 40.2 Å². The van der Waals surface area contributed by atoms with E-state index < -0.39 is 0 Å². The van der Waals surface area contributed by atoms with E-state index in [9.17, 15) is 5.26 Å². The van der Waals surface area contributed by atoms with Gasteiger partial charge in [-0.05, 0) is 37.8 Å². The summed E-state index contributed by atoms with van der Waals surface area (Å²) in [6, 6.07) is 11.3. The molecule has 2 aromatic carbocycles. The third-order valence-electron chi connectivity index (χ3n) is 6.26. The highest BCUT2D eigenvalue weighted by Gasteiger charge is 2.16. The van der Waals surface area contributed by atoms with Gasteiger partial charge in [-0.3, -0.25) is 9.67 Å². The van der Waals surface area contributed by atoms with Crippen LogP contribution in [-0.4, -0.2) is 42.9 Å². The van der Waals surface area contributed by atoms with Crippen LogP contribution in [0.25, 0.3) is 33.3 Å². The van der Waals surface area contributed by atoms with E-state index in [0.29, 0.717) is 28.5 Å². The van der Waals surface area contributed by atoms with E-state index in [1.54, 1.807) is 12.3 Å². The highest BCUT2D eigenvalue weighted by Crippen LogP contribution is 2.29. The van der Waals surface area contributed by atoms with Crippen LogP contribution in [0.4, 0.5) is 0 Å². The number of benzene rings is 2. The maximum absolute atomic E-state index is 9.52. The van der Waals surface area contributed by atoms with Crippen molar-refractivity contribution >= 4 is 22.1 Å². The summed E-state index contributed by atoms with van der Waals surface area (Å²) in [5.41, 5.74) is 5.04. The average Bonchev–Trinajstić information content (AvgIpc) is 3.49. The molecule has 5 aromatic rings. The maximum Gasteiger partial charge on any atom is 0.130 e. The van der Waals surface area contributed by atoms with E-state index >= 15 is 0 Å². The Balaban J connectivity index is 1.26. The first-order valence-corrected chi connectivity index (χ1v) is 11.6. The Hall–Kier alpha value is -4.29. The van der Waals surface area contributed by atoms with Crippen molar-refractivity contribution in [2.45, 2.75) is 26.3 Å². The molecule has 0 amide bonds. The molecule has 9 nitrogen and oxygen atoms in total. The van der Waals surface area contributed by atoms with Gasteiger partial charge in [0.25, 0.3) is 0 Å². The number of fused-ring (bicyclic) bond motifs is 2. The molecule has 4 heterocycles. The molecule has 1 fully saturated rings. The number of nitrogens with one attached hydrogen (secondary N) is 1. The predicted molar refractivity (Wildman–Crippen MR) is 130 cm³/mol. The Morgan fingerprint density at radius 1 is 1.11 bits per heavy atom. The number of aryl methyl sites for hydroxylation is 1. The molecule has 9 heteroatoms. The zero-order valence-electron chi connectivity index (χ0n) is 19.2. The molecule has 0 radical (unpaired) electrons. The molecular formula is C26H23N7O2. The first-order valence-electron chi connectivity index (χ1n) is 11.6. The van der Waals surface area contributed by atoms with Gasteiger partial charge in [-0.1, -0.05) is 0 Å². The summed E-state index contributed by atoms with van der Waals surface area (Å²) in [6.07, 6.45) is 7.76. The lowest BCUT2D eigenvalue weighted by atomic mass is 10.0. The van der Waals surface area contributed by atoms with Gasteiger partial charge in [0.1, 0.15) is 28.9 Å². The third-order valence-corrected chi connectivity index (χ3v) is 6.26. The van der Waals surface area contributed by atoms with E-state index in [-0.39, 0.29) is 0 Å². The van der Waals surface area contributed by atoms with Gasteiger partial charge in [0.15, 0.2) is 0 Å². The van der Waals surface area contributed by atoms with E-state index in [1.165, 1.54) is 0 Å². The second-order valence-corrected chi connectivity index (χ2v) is 8.82. The van der Waals surface area contributed by atoms with Gasteiger partial charge in [-0.25, -0.2) is 9.97 Å². The molecule has 174 valence electrons. The second-order valence-electron chi connectivity index (χ2n) is 8.82. The van der Waals surface area contributed by atoms with Crippen LogP contribution in [0.1, 0.15) is 24.2 Å². The molecule has 1 aliphatic rings. The third kappa shape index (κ3) is 4.32. The number of hydrogen-bond donors (Lipinski definition) is 1. The van der Waals surface area contributed by atoms with Crippen LogP contribution in [0.15, 0.2) is 48.9 Å². The fourth-order valence-electron chi connectivity index (χ4n) is 4.48. The normalized spacial score (nSPS) is 14.4. The number of imidazole rings is 1. The maximum atomic E-state index is 9.52. The van der Waals surface area contributed by atoms with Crippen LogP contribution in [0.2, 0.25) is 0 Å². The summed E-state index contributed by atoms with van der Waals surface area (Å²) in [4.78, 5) is 16.9. The standard InChI is InChI=1S/C26H23N7O2/c1-16-30-24-10-21(8-18(11-27)26(24)31-16)35-20-2-3-22-23(9-20)32-25(13-28-22)19-12-29-33(15-19)14-17-4-6-34-7-5-17/h2-3,8-10,12-13,15,17H,4-7,14H2,1H3,(H,30,31). The van der Waals surface area contributed by atoms with Gasteiger partial charge in [-0.2, -0.15) is 10.4 Å². The summed E-state index contributed by atoms with van der Waals surface area (Å²) in [7, 11) is 0. The molecule has 0 spiro atoms. The van der Waals surface area contributed by atoms with E-state index in [4.69, 9.17) is 14.5 Å². The van der Waals surface area contributed by atoms with Crippen molar-refractivity contribution < 1.29 is 9.47 Å². The highest BCUT2D eigenvalue weighted by atomic mass is 16.5. The van der Waals surface area contributed by atoms with Crippen molar-refractivity contribution in [3.63, 3.8) is 0 Å². The average molecular weight is 466 g/mol. The topological polar surface area (TPSA) is 115 Å². The molecule has 0 aliphatic carbocycles. The minimum Gasteiger partial charge on any atom is -0.457 e. The molecule has 1 saturated heterocycles. The van der Waals surface area contributed by atoms with Crippen molar-refractivity contribution in [2.24, 2.45) is 5.92 Å². The molecule has 0 saturated carbocycles. The van der Waals surface area contributed by atoms with Gasteiger partial charge >= 0.3 is 0 Å². The molecule has 1 N–H and O–H groups in total. The van der Waals surface area contributed by atoms with Crippen molar-refractivity contribution in [1.29, 1.82) is 5.26 Å². The number of rotatable bonds is 5. The zero-order chi connectivity index (χ0) is 23.8. The number of nitriles is 1. The van der Waals surface area contributed by atoms with Crippen LogP contribution < -0.4 is 4.74 Å². The minimum atomic E-state index is 0.461. The molecular weight excluding hydrogens is 442 g/mol. The number of H-pyrrole nitrogens is 1. The fraction of sp³-hybridized carbons (Fsp3) is 0.269. The smallest absolute Gasteiger partial charge is 0.130 e.